The van der Waals surface area contributed by atoms with Gasteiger partial charge in [0, 0.05) is 6.54 Å². The average Bonchev–Trinajstić information content (AvgIpc) is 2.48. The fraction of sp³-hybridized carbons (Fsp3) is 1.00. The van der Waals surface area contributed by atoms with Gasteiger partial charge in [-0.1, -0.05) is 22.6 Å². The van der Waals surface area contributed by atoms with Crippen LogP contribution in [-0.2, 0) is 0 Å². The predicted octanol–water partition coefficient (Wildman–Crippen LogP) is 1.90. The first-order chi connectivity index (χ1) is 6.22. The Hall–Kier alpha value is 0.650. The summed E-state index contributed by atoms with van der Waals surface area (Å²) in [5, 5.41) is 9.71. The van der Waals surface area contributed by atoms with Crippen LogP contribution in [0, 0.1) is 5.92 Å². The van der Waals surface area contributed by atoms with E-state index in [0.29, 0.717) is 0 Å². The predicted molar refractivity (Wildman–Crippen MR) is 64.3 cm³/mol. The normalized spacial score (nSPS) is 26.5. The molecule has 0 aliphatic carbocycles. The van der Waals surface area contributed by atoms with Crippen molar-refractivity contribution in [2.75, 3.05) is 24.6 Å². The molecular weight excluding hydrogens is 277 g/mol. The summed E-state index contributed by atoms with van der Waals surface area (Å²) in [6.45, 7) is 2.39. The van der Waals surface area contributed by atoms with Crippen LogP contribution in [0.25, 0.3) is 0 Å². The number of aliphatic hydroxyl groups excluding tert-OH is 1. The van der Waals surface area contributed by atoms with E-state index in [-0.39, 0.29) is 6.10 Å². The fourth-order valence-corrected chi connectivity index (χ4v) is 2.47. The Morgan fingerprint density at radius 1 is 1.62 bits per heavy atom. The second-order valence-electron chi connectivity index (χ2n) is 4.14. The first kappa shape index (κ1) is 11.7. The standard InChI is InChI=1S/C10H20INO/c1-12-6-4-9(8-12)7-10(13)3-2-5-11/h9-10,13H,2-8H2,1H3. The average molecular weight is 297 g/mol. The number of hydrogen-bond donors (Lipinski definition) is 1. The smallest absolute Gasteiger partial charge is 0.0543 e. The lowest BCUT2D eigenvalue weighted by Crippen LogP contribution is -2.18. The van der Waals surface area contributed by atoms with Crippen molar-refractivity contribution < 1.29 is 5.11 Å². The van der Waals surface area contributed by atoms with Crippen molar-refractivity contribution in [2.24, 2.45) is 5.92 Å². The minimum Gasteiger partial charge on any atom is -0.393 e. The Kier molecular flexibility index (Phi) is 5.58. The molecule has 0 spiro atoms. The minimum absolute atomic E-state index is 0.0498. The molecule has 0 bridgehead atoms. The molecule has 0 aromatic carbocycles. The first-order valence-electron chi connectivity index (χ1n) is 5.15. The lowest BCUT2D eigenvalue weighted by molar-refractivity contribution is 0.134. The molecule has 1 N–H and O–H groups in total. The summed E-state index contributed by atoms with van der Waals surface area (Å²) < 4.78 is 1.17. The molecule has 0 aromatic heterocycles. The lowest BCUT2D eigenvalue weighted by atomic mass is 9.98. The largest absolute Gasteiger partial charge is 0.393 e. The van der Waals surface area contributed by atoms with Crippen molar-refractivity contribution in [3.8, 4) is 0 Å². The van der Waals surface area contributed by atoms with E-state index in [4.69, 9.17) is 0 Å². The van der Waals surface area contributed by atoms with E-state index < -0.39 is 0 Å². The molecule has 3 heteroatoms. The number of hydrogen-bond acceptors (Lipinski definition) is 2. The molecule has 0 radical (unpaired) electrons. The van der Waals surface area contributed by atoms with Crippen LogP contribution in [0.2, 0.25) is 0 Å². The van der Waals surface area contributed by atoms with Crippen LogP contribution in [-0.4, -0.2) is 40.7 Å². The van der Waals surface area contributed by atoms with Crippen LogP contribution in [0.5, 0.6) is 0 Å². The van der Waals surface area contributed by atoms with Gasteiger partial charge in [0.2, 0.25) is 0 Å². The van der Waals surface area contributed by atoms with Crippen molar-refractivity contribution in [3.63, 3.8) is 0 Å². The number of aliphatic hydroxyl groups is 1. The van der Waals surface area contributed by atoms with E-state index in [1.165, 1.54) is 23.9 Å². The maximum Gasteiger partial charge on any atom is 0.0543 e. The summed E-state index contributed by atoms with van der Waals surface area (Å²) in [6.07, 6.45) is 4.39. The SMILES string of the molecule is CN1CCC(CC(O)CCCI)C1. The number of rotatable bonds is 5. The monoisotopic (exact) mass is 297 g/mol. The summed E-state index contributed by atoms with van der Waals surface area (Å²) in [7, 11) is 2.16. The molecule has 1 aliphatic heterocycles. The van der Waals surface area contributed by atoms with E-state index in [0.717, 1.165) is 25.2 Å². The lowest BCUT2D eigenvalue weighted by Gasteiger charge is -2.15. The maximum absolute atomic E-state index is 9.71. The molecule has 1 rings (SSSR count). The molecule has 0 amide bonds. The van der Waals surface area contributed by atoms with Gasteiger partial charge in [-0.15, -0.1) is 0 Å². The number of halogens is 1. The van der Waals surface area contributed by atoms with Crippen molar-refractivity contribution in [1.82, 2.24) is 4.90 Å². The van der Waals surface area contributed by atoms with Crippen LogP contribution >= 0.6 is 22.6 Å². The fourth-order valence-electron chi connectivity index (χ4n) is 2.03. The van der Waals surface area contributed by atoms with E-state index in [2.05, 4.69) is 34.5 Å². The van der Waals surface area contributed by atoms with Crippen LogP contribution < -0.4 is 0 Å². The summed E-state index contributed by atoms with van der Waals surface area (Å²) in [6, 6.07) is 0. The van der Waals surface area contributed by atoms with Gasteiger partial charge in [0.25, 0.3) is 0 Å². The molecule has 13 heavy (non-hydrogen) atoms. The molecule has 1 heterocycles. The number of likely N-dealkylation sites (tertiary alicyclic amines) is 1. The van der Waals surface area contributed by atoms with Crippen LogP contribution in [0.4, 0.5) is 0 Å². The van der Waals surface area contributed by atoms with Gasteiger partial charge in [0.15, 0.2) is 0 Å². The van der Waals surface area contributed by atoms with Gasteiger partial charge in [0.05, 0.1) is 6.10 Å². The minimum atomic E-state index is -0.0498. The van der Waals surface area contributed by atoms with Crippen LogP contribution in [0.3, 0.4) is 0 Å². The Balaban J connectivity index is 2.09. The highest BCUT2D eigenvalue weighted by atomic mass is 127. The summed E-state index contributed by atoms with van der Waals surface area (Å²) in [5.74, 6) is 0.745. The van der Waals surface area contributed by atoms with Crippen molar-refractivity contribution in [3.05, 3.63) is 0 Å². The third-order valence-electron chi connectivity index (χ3n) is 2.77. The zero-order chi connectivity index (χ0) is 9.68. The molecule has 1 aliphatic rings. The summed E-state index contributed by atoms with van der Waals surface area (Å²) >= 11 is 2.37. The zero-order valence-corrected chi connectivity index (χ0v) is 10.5. The summed E-state index contributed by atoms with van der Waals surface area (Å²) in [4.78, 5) is 2.36. The van der Waals surface area contributed by atoms with Crippen LogP contribution in [0.1, 0.15) is 25.7 Å². The Morgan fingerprint density at radius 2 is 2.38 bits per heavy atom. The van der Waals surface area contributed by atoms with Gasteiger partial charge >= 0.3 is 0 Å². The van der Waals surface area contributed by atoms with Gasteiger partial charge in [-0.2, -0.15) is 0 Å². The van der Waals surface area contributed by atoms with Gasteiger partial charge in [0.1, 0.15) is 0 Å². The molecule has 1 fully saturated rings. The van der Waals surface area contributed by atoms with Crippen molar-refractivity contribution in [2.45, 2.75) is 31.8 Å². The quantitative estimate of drug-likeness (QED) is 0.619. The molecule has 0 aromatic rings. The van der Waals surface area contributed by atoms with E-state index >= 15 is 0 Å². The third-order valence-corrected chi connectivity index (χ3v) is 3.53. The van der Waals surface area contributed by atoms with Gasteiger partial charge in [-0.05, 0) is 49.6 Å². The van der Waals surface area contributed by atoms with E-state index in [1.54, 1.807) is 0 Å². The number of alkyl halides is 1. The van der Waals surface area contributed by atoms with E-state index in [1.807, 2.05) is 0 Å². The van der Waals surface area contributed by atoms with E-state index in [9.17, 15) is 5.11 Å². The van der Waals surface area contributed by atoms with Gasteiger partial charge in [-0.25, -0.2) is 0 Å². The van der Waals surface area contributed by atoms with Crippen LogP contribution in [0.15, 0.2) is 0 Å². The molecule has 2 nitrogen and oxygen atoms in total. The van der Waals surface area contributed by atoms with Crippen molar-refractivity contribution in [1.29, 1.82) is 0 Å². The highest BCUT2D eigenvalue weighted by molar-refractivity contribution is 14.1. The molecule has 78 valence electrons. The van der Waals surface area contributed by atoms with Crippen molar-refractivity contribution >= 4 is 22.6 Å². The molecular formula is C10H20INO. The molecule has 0 saturated carbocycles. The Morgan fingerprint density at radius 3 is 2.92 bits per heavy atom. The highest BCUT2D eigenvalue weighted by Crippen LogP contribution is 2.21. The summed E-state index contributed by atoms with van der Waals surface area (Å²) in [5.41, 5.74) is 0. The maximum atomic E-state index is 9.71. The molecule has 2 atom stereocenters. The number of nitrogens with zero attached hydrogens (tertiary/aromatic N) is 1. The highest BCUT2D eigenvalue weighted by Gasteiger charge is 2.21. The Bertz CT molecular complexity index is 143. The third kappa shape index (κ3) is 4.61. The first-order valence-corrected chi connectivity index (χ1v) is 6.67. The second-order valence-corrected chi connectivity index (χ2v) is 5.22. The van der Waals surface area contributed by atoms with Gasteiger partial charge < -0.3 is 10.0 Å². The molecule has 2 unspecified atom stereocenters. The van der Waals surface area contributed by atoms with Gasteiger partial charge in [-0.3, -0.25) is 0 Å². The zero-order valence-electron chi connectivity index (χ0n) is 8.38. The second kappa shape index (κ2) is 6.19. The molecule has 1 saturated heterocycles. The Labute approximate surface area is 94.8 Å². The topological polar surface area (TPSA) is 23.5 Å².